The maximum Gasteiger partial charge on any atom is 0.194 e. The van der Waals surface area contributed by atoms with Crippen LogP contribution in [0.5, 0.6) is 0 Å². The van der Waals surface area contributed by atoms with E-state index in [4.69, 9.17) is 10.2 Å². The molecule has 0 radical (unpaired) electrons. The van der Waals surface area contributed by atoms with E-state index in [1.54, 1.807) is 17.4 Å². The molecule has 0 spiro atoms. The summed E-state index contributed by atoms with van der Waals surface area (Å²) in [6.07, 6.45) is 4.70. The van der Waals surface area contributed by atoms with E-state index in [-0.39, 0.29) is 12.4 Å². The van der Waals surface area contributed by atoms with E-state index >= 15 is 0 Å². The molecule has 1 N–H and O–H groups in total. The Kier molecular flexibility index (Phi) is 6.40. The van der Waals surface area contributed by atoms with Crippen LogP contribution in [-0.4, -0.2) is 29.4 Å². The first kappa shape index (κ1) is 19.3. The summed E-state index contributed by atoms with van der Waals surface area (Å²) in [5.74, 6) is 0.358. The van der Waals surface area contributed by atoms with E-state index in [9.17, 15) is 4.39 Å². The molecule has 0 atom stereocenters. The monoisotopic (exact) mass is 385 g/mol. The molecule has 0 unspecified atom stereocenters. The van der Waals surface area contributed by atoms with E-state index < -0.39 is 0 Å². The Bertz CT molecular complexity index is 844. The van der Waals surface area contributed by atoms with Gasteiger partial charge in [-0.15, -0.1) is 11.3 Å². The summed E-state index contributed by atoms with van der Waals surface area (Å²) >= 11 is 1.79. The van der Waals surface area contributed by atoms with Crippen molar-refractivity contribution in [3.63, 3.8) is 0 Å². The van der Waals surface area contributed by atoms with Gasteiger partial charge >= 0.3 is 0 Å². The second-order valence-electron chi connectivity index (χ2n) is 6.63. The molecule has 0 aliphatic heterocycles. The highest BCUT2D eigenvalue weighted by atomic mass is 32.1. The number of halogens is 1. The fraction of sp³-hybridized carbons (Fsp3) is 0.450. The van der Waals surface area contributed by atoms with Crippen LogP contribution in [0.1, 0.15) is 46.5 Å². The molecule has 1 aromatic heterocycles. The van der Waals surface area contributed by atoms with Crippen LogP contribution in [0.2, 0.25) is 0 Å². The Balaban J connectivity index is 1.73. The van der Waals surface area contributed by atoms with Gasteiger partial charge in [0.15, 0.2) is 5.96 Å². The summed E-state index contributed by atoms with van der Waals surface area (Å²) in [6.45, 7) is 3.58. The number of nitriles is 1. The highest BCUT2D eigenvalue weighted by Gasteiger charge is 2.17. The zero-order chi connectivity index (χ0) is 19.2. The van der Waals surface area contributed by atoms with Gasteiger partial charge in [-0.25, -0.2) is 14.4 Å². The summed E-state index contributed by atoms with van der Waals surface area (Å²) in [5.41, 5.74) is 2.11. The first-order valence-electron chi connectivity index (χ1n) is 9.26. The van der Waals surface area contributed by atoms with Crippen molar-refractivity contribution >= 4 is 17.3 Å². The molecule has 1 aromatic carbocycles. The van der Waals surface area contributed by atoms with E-state index in [2.05, 4.69) is 10.3 Å². The molecule has 0 saturated heterocycles. The SMILES string of the molecule is CCNC(=NCc1cc(C#N)ccc1F)N(C)Cc1nc2c(s1)CCCC2. The number of nitrogens with zero attached hydrogens (tertiary/aromatic N) is 4. The molecule has 27 heavy (non-hydrogen) atoms. The standard InChI is InChI=1S/C20H24FN5S/c1-3-23-20(24-12-15-10-14(11-22)8-9-16(15)21)26(2)13-19-25-17-6-4-5-7-18(17)27-19/h8-10H,3-7,12-13H2,1-2H3,(H,23,24). The topological polar surface area (TPSA) is 64.3 Å². The highest BCUT2D eigenvalue weighted by Crippen LogP contribution is 2.27. The van der Waals surface area contributed by atoms with Crippen molar-refractivity contribution in [2.45, 2.75) is 45.7 Å². The molecule has 0 amide bonds. The lowest BCUT2D eigenvalue weighted by Crippen LogP contribution is -2.38. The zero-order valence-electron chi connectivity index (χ0n) is 15.8. The smallest absolute Gasteiger partial charge is 0.194 e. The summed E-state index contributed by atoms with van der Waals surface area (Å²) in [4.78, 5) is 12.8. The van der Waals surface area contributed by atoms with Crippen molar-refractivity contribution < 1.29 is 4.39 Å². The van der Waals surface area contributed by atoms with Gasteiger partial charge in [-0.2, -0.15) is 5.26 Å². The molecule has 3 rings (SSSR count). The van der Waals surface area contributed by atoms with Crippen molar-refractivity contribution in [1.82, 2.24) is 15.2 Å². The van der Waals surface area contributed by atoms with Crippen molar-refractivity contribution in [1.29, 1.82) is 5.26 Å². The lowest BCUT2D eigenvalue weighted by Gasteiger charge is -2.21. The van der Waals surface area contributed by atoms with E-state index in [1.165, 1.54) is 35.5 Å². The number of nitrogens with one attached hydrogen (secondary N) is 1. The van der Waals surface area contributed by atoms with Crippen molar-refractivity contribution in [3.8, 4) is 6.07 Å². The second kappa shape index (κ2) is 8.96. The third-order valence-electron chi connectivity index (χ3n) is 4.53. The summed E-state index contributed by atoms with van der Waals surface area (Å²) in [7, 11) is 1.96. The molecule has 1 aliphatic rings. The molecular formula is C20H24FN5S. The van der Waals surface area contributed by atoms with Crippen LogP contribution in [0.25, 0.3) is 0 Å². The molecular weight excluding hydrogens is 361 g/mol. The Morgan fingerprint density at radius 1 is 1.41 bits per heavy atom. The quantitative estimate of drug-likeness (QED) is 0.631. The largest absolute Gasteiger partial charge is 0.357 e. The van der Waals surface area contributed by atoms with Crippen molar-refractivity contribution in [2.75, 3.05) is 13.6 Å². The molecule has 0 saturated carbocycles. The number of aromatic nitrogens is 1. The minimum atomic E-state index is -0.344. The number of guanidine groups is 1. The Hall–Kier alpha value is -2.46. The second-order valence-corrected chi connectivity index (χ2v) is 7.80. The Morgan fingerprint density at radius 3 is 2.96 bits per heavy atom. The van der Waals surface area contributed by atoms with Crippen LogP contribution in [0, 0.1) is 17.1 Å². The minimum Gasteiger partial charge on any atom is -0.357 e. The number of benzene rings is 1. The first-order chi connectivity index (χ1) is 13.1. The molecule has 7 heteroatoms. The summed E-state index contributed by atoms with van der Waals surface area (Å²) in [5, 5.41) is 13.3. The average Bonchev–Trinajstić information content (AvgIpc) is 3.08. The maximum absolute atomic E-state index is 14.0. The minimum absolute atomic E-state index is 0.183. The fourth-order valence-corrected chi connectivity index (χ4v) is 4.36. The van der Waals surface area contributed by atoms with Crippen LogP contribution >= 0.6 is 11.3 Å². The number of rotatable bonds is 5. The van der Waals surface area contributed by atoms with Gasteiger partial charge in [-0.05, 0) is 50.8 Å². The van der Waals surface area contributed by atoms with Crippen LogP contribution < -0.4 is 5.32 Å². The Labute approximate surface area is 163 Å². The summed E-state index contributed by atoms with van der Waals surface area (Å²) < 4.78 is 14.0. The van der Waals surface area contributed by atoms with Gasteiger partial charge in [0.2, 0.25) is 0 Å². The third kappa shape index (κ3) is 4.83. The normalized spacial score (nSPS) is 13.8. The molecule has 142 valence electrons. The lowest BCUT2D eigenvalue weighted by molar-refractivity contribution is 0.474. The molecule has 1 aliphatic carbocycles. The average molecular weight is 386 g/mol. The lowest BCUT2D eigenvalue weighted by atomic mass is 10.0. The van der Waals surface area contributed by atoms with Crippen LogP contribution in [-0.2, 0) is 25.9 Å². The van der Waals surface area contributed by atoms with Crippen LogP contribution in [0.15, 0.2) is 23.2 Å². The Morgan fingerprint density at radius 2 is 2.22 bits per heavy atom. The molecule has 2 aromatic rings. The zero-order valence-corrected chi connectivity index (χ0v) is 16.6. The van der Waals surface area contributed by atoms with Crippen LogP contribution in [0.4, 0.5) is 4.39 Å². The van der Waals surface area contributed by atoms with Gasteiger partial charge in [-0.1, -0.05) is 0 Å². The van der Waals surface area contributed by atoms with Gasteiger partial charge < -0.3 is 10.2 Å². The third-order valence-corrected chi connectivity index (χ3v) is 5.67. The van der Waals surface area contributed by atoms with E-state index in [1.807, 2.05) is 24.9 Å². The van der Waals surface area contributed by atoms with Crippen molar-refractivity contribution in [3.05, 3.63) is 50.7 Å². The number of aryl methyl sites for hydroxylation is 2. The predicted octanol–water partition coefficient (Wildman–Crippen LogP) is 3.63. The molecule has 0 fully saturated rings. The number of hydrogen-bond donors (Lipinski definition) is 1. The van der Waals surface area contributed by atoms with E-state index in [0.717, 1.165) is 24.4 Å². The van der Waals surface area contributed by atoms with Gasteiger partial charge in [0.05, 0.1) is 30.4 Å². The van der Waals surface area contributed by atoms with Gasteiger partial charge in [0.25, 0.3) is 0 Å². The molecule has 1 heterocycles. The van der Waals surface area contributed by atoms with Gasteiger partial charge in [0, 0.05) is 24.0 Å². The number of aliphatic imine (C=N–C) groups is 1. The highest BCUT2D eigenvalue weighted by molar-refractivity contribution is 7.11. The predicted molar refractivity (Wildman–Crippen MR) is 106 cm³/mol. The summed E-state index contributed by atoms with van der Waals surface area (Å²) in [6, 6.07) is 6.39. The molecule has 0 bridgehead atoms. The fourth-order valence-electron chi connectivity index (χ4n) is 3.15. The van der Waals surface area contributed by atoms with Crippen LogP contribution in [0.3, 0.4) is 0 Å². The first-order valence-corrected chi connectivity index (χ1v) is 10.1. The van der Waals surface area contributed by atoms with Gasteiger partial charge in [0.1, 0.15) is 10.8 Å². The van der Waals surface area contributed by atoms with E-state index in [0.29, 0.717) is 23.6 Å². The number of thiazole rings is 1. The maximum atomic E-state index is 14.0. The number of hydrogen-bond acceptors (Lipinski definition) is 4. The molecule has 5 nitrogen and oxygen atoms in total. The van der Waals surface area contributed by atoms with Crippen molar-refractivity contribution in [2.24, 2.45) is 4.99 Å². The number of fused-ring (bicyclic) bond motifs is 1. The van der Waals surface area contributed by atoms with Gasteiger partial charge in [-0.3, -0.25) is 0 Å².